The summed E-state index contributed by atoms with van der Waals surface area (Å²) >= 11 is 0. The van der Waals surface area contributed by atoms with E-state index in [9.17, 15) is 0 Å². The van der Waals surface area contributed by atoms with Crippen LogP contribution in [0, 0.1) is 0 Å². The maximum absolute atomic E-state index is 2.85. The lowest BCUT2D eigenvalue weighted by atomic mass is 10.1. The Balaban J connectivity index is 1.27. The first-order valence-electron chi connectivity index (χ1n) is 10.9. The van der Waals surface area contributed by atoms with Crippen LogP contribution in [-0.4, -0.2) is 90.4 Å². The molecule has 0 radical (unpaired) electrons. The zero-order chi connectivity index (χ0) is 16.4. The second kappa shape index (κ2) is 7.61. The van der Waals surface area contributed by atoms with Gasteiger partial charge in [-0.1, -0.05) is 45.4 Å². The van der Waals surface area contributed by atoms with Crippen LogP contribution < -0.4 is 0 Å². The minimum atomic E-state index is 0.754. The molecule has 0 aromatic carbocycles. The molecule has 0 aliphatic carbocycles. The lowest BCUT2D eigenvalue weighted by molar-refractivity contribution is -0.954. The molecule has 24 heavy (non-hydrogen) atoms. The monoisotopic (exact) mass is 335 g/mol. The van der Waals surface area contributed by atoms with Crippen LogP contribution in [0.2, 0.25) is 0 Å². The lowest BCUT2D eigenvalue weighted by Gasteiger charge is -2.54. The molecule has 4 fully saturated rings. The molecule has 138 valence electrons. The summed E-state index contributed by atoms with van der Waals surface area (Å²) in [6.45, 7) is 14.6. The van der Waals surface area contributed by atoms with Crippen LogP contribution in [0.15, 0.2) is 0 Å². The molecule has 4 aliphatic heterocycles. The molecule has 0 aromatic rings. The van der Waals surface area contributed by atoms with Crippen molar-refractivity contribution in [3.63, 3.8) is 0 Å². The first kappa shape index (κ1) is 17.3. The van der Waals surface area contributed by atoms with E-state index in [2.05, 4.69) is 21.6 Å². The molecule has 3 unspecified atom stereocenters. The summed E-state index contributed by atoms with van der Waals surface area (Å²) in [6.07, 6.45) is 13.2. The number of unbranched alkanes of at least 4 members (excludes halogenated alkanes) is 7. The van der Waals surface area contributed by atoms with Crippen LogP contribution in [0.3, 0.4) is 0 Å². The van der Waals surface area contributed by atoms with E-state index in [1.165, 1.54) is 115 Å². The fourth-order valence-electron chi connectivity index (χ4n) is 6.02. The molecular formula is C20H39N4+. The zero-order valence-electron chi connectivity index (χ0n) is 16.0. The third-order valence-corrected chi connectivity index (χ3v) is 7.42. The van der Waals surface area contributed by atoms with Crippen LogP contribution >= 0.6 is 0 Å². The van der Waals surface area contributed by atoms with Crippen molar-refractivity contribution in [3.8, 4) is 0 Å². The van der Waals surface area contributed by atoms with Gasteiger partial charge in [-0.15, -0.1) is 0 Å². The molecule has 0 N–H and O–H groups in total. The molecule has 0 spiro atoms. The van der Waals surface area contributed by atoms with Crippen molar-refractivity contribution >= 4 is 0 Å². The molecule has 0 bridgehead atoms. The highest BCUT2D eigenvalue weighted by Crippen LogP contribution is 2.39. The van der Waals surface area contributed by atoms with Gasteiger partial charge in [-0.05, 0) is 12.8 Å². The minimum Gasteiger partial charge on any atom is -0.304 e. The molecular weight excluding hydrogens is 296 g/mol. The van der Waals surface area contributed by atoms with Gasteiger partial charge in [0.1, 0.15) is 6.17 Å². The predicted octanol–water partition coefficient (Wildman–Crippen LogP) is 2.56. The number of piperazine rings is 2. The standard InChI is InChI=1S/C20H39N4/c1-2-3-4-5-6-7-8-9-16-24-17-14-22-11-10-21-12-13-23(15-18-24)20(24)19(21)22/h19-20H,2-18H2,1H3/q+1. The first-order valence-corrected chi connectivity index (χ1v) is 10.9. The van der Waals surface area contributed by atoms with Crippen molar-refractivity contribution in [1.82, 2.24) is 14.7 Å². The van der Waals surface area contributed by atoms with Gasteiger partial charge in [0.2, 0.25) is 0 Å². The second-order valence-corrected chi connectivity index (χ2v) is 8.80. The number of hydrogen-bond donors (Lipinski definition) is 0. The fraction of sp³-hybridized carbons (Fsp3) is 1.00. The van der Waals surface area contributed by atoms with Gasteiger partial charge in [0, 0.05) is 32.7 Å². The van der Waals surface area contributed by atoms with E-state index < -0.39 is 0 Å². The van der Waals surface area contributed by atoms with Gasteiger partial charge in [0.15, 0.2) is 6.17 Å². The topological polar surface area (TPSA) is 9.72 Å². The van der Waals surface area contributed by atoms with Crippen LogP contribution in [0.4, 0.5) is 0 Å². The average molecular weight is 336 g/mol. The summed E-state index contributed by atoms with van der Waals surface area (Å²) in [5, 5.41) is 0. The van der Waals surface area contributed by atoms with Crippen LogP contribution in [-0.2, 0) is 0 Å². The summed E-state index contributed by atoms with van der Waals surface area (Å²) < 4.78 is 1.44. The largest absolute Gasteiger partial charge is 0.304 e. The molecule has 3 atom stereocenters. The van der Waals surface area contributed by atoms with Crippen molar-refractivity contribution in [1.29, 1.82) is 0 Å². The smallest absolute Gasteiger partial charge is 0.175 e. The van der Waals surface area contributed by atoms with Crippen molar-refractivity contribution in [2.24, 2.45) is 0 Å². The normalized spacial score (nSPS) is 36.4. The fourth-order valence-corrected chi connectivity index (χ4v) is 6.02. The van der Waals surface area contributed by atoms with E-state index >= 15 is 0 Å². The van der Waals surface area contributed by atoms with Gasteiger partial charge in [0.25, 0.3) is 0 Å². The van der Waals surface area contributed by atoms with Crippen molar-refractivity contribution in [2.75, 3.05) is 58.9 Å². The summed E-state index contributed by atoms with van der Waals surface area (Å²) in [5.41, 5.74) is 0. The molecule has 0 saturated carbocycles. The quantitative estimate of drug-likeness (QED) is 0.474. The van der Waals surface area contributed by atoms with E-state index in [1.54, 1.807) is 0 Å². The predicted molar refractivity (Wildman–Crippen MR) is 99.8 cm³/mol. The Labute approximate surface area is 149 Å². The number of hydrogen-bond acceptors (Lipinski definition) is 3. The summed E-state index contributed by atoms with van der Waals surface area (Å²) in [4.78, 5) is 8.45. The third-order valence-electron chi connectivity index (χ3n) is 7.42. The Kier molecular flexibility index (Phi) is 5.47. The molecule has 4 rings (SSSR count). The molecule has 4 saturated heterocycles. The molecule has 4 heterocycles. The highest BCUT2D eigenvalue weighted by atomic mass is 15.6. The van der Waals surface area contributed by atoms with Crippen molar-refractivity contribution < 1.29 is 4.48 Å². The van der Waals surface area contributed by atoms with E-state index in [-0.39, 0.29) is 0 Å². The second-order valence-electron chi connectivity index (χ2n) is 8.80. The van der Waals surface area contributed by atoms with Gasteiger partial charge < -0.3 is 4.48 Å². The molecule has 0 aromatic heterocycles. The van der Waals surface area contributed by atoms with Crippen molar-refractivity contribution in [2.45, 2.75) is 70.6 Å². The maximum Gasteiger partial charge on any atom is 0.175 e. The molecule has 4 heteroatoms. The zero-order valence-corrected chi connectivity index (χ0v) is 16.0. The summed E-state index contributed by atoms with van der Waals surface area (Å²) in [7, 11) is 0. The third kappa shape index (κ3) is 3.15. The van der Waals surface area contributed by atoms with Gasteiger partial charge in [-0.3, -0.25) is 9.80 Å². The number of rotatable bonds is 9. The molecule has 4 aliphatic rings. The Morgan fingerprint density at radius 2 is 1.21 bits per heavy atom. The maximum atomic E-state index is 2.85. The van der Waals surface area contributed by atoms with Gasteiger partial charge in [-0.2, -0.15) is 0 Å². The highest BCUT2D eigenvalue weighted by Gasteiger charge is 2.59. The molecule has 0 amide bonds. The minimum absolute atomic E-state index is 0.754. The van der Waals surface area contributed by atoms with Gasteiger partial charge >= 0.3 is 0 Å². The van der Waals surface area contributed by atoms with E-state index in [0.29, 0.717) is 0 Å². The summed E-state index contributed by atoms with van der Waals surface area (Å²) in [6, 6.07) is 0. The number of nitrogens with zero attached hydrogens (tertiary/aromatic N) is 4. The Bertz CT molecular complexity index is 408. The van der Waals surface area contributed by atoms with Crippen LogP contribution in [0.5, 0.6) is 0 Å². The van der Waals surface area contributed by atoms with E-state index in [1.807, 2.05) is 0 Å². The van der Waals surface area contributed by atoms with Crippen molar-refractivity contribution in [3.05, 3.63) is 0 Å². The van der Waals surface area contributed by atoms with Gasteiger partial charge in [-0.25, -0.2) is 4.90 Å². The first-order chi connectivity index (χ1) is 11.8. The Morgan fingerprint density at radius 3 is 1.92 bits per heavy atom. The van der Waals surface area contributed by atoms with E-state index in [0.717, 1.165) is 12.3 Å². The van der Waals surface area contributed by atoms with Crippen LogP contribution in [0.25, 0.3) is 0 Å². The van der Waals surface area contributed by atoms with Gasteiger partial charge in [0.05, 0.1) is 26.2 Å². The highest BCUT2D eigenvalue weighted by molar-refractivity contribution is 4.97. The lowest BCUT2D eigenvalue weighted by Crippen LogP contribution is -2.73. The van der Waals surface area contributed by atoms with E-state index in [4.69, 9.17) is 0 Å². The Hall–Kier alpha value is -0.160. The average Bonchev–Trinajstić information content (AvgIpc) is 3.18. The Morgan fingerprint density at radius 1 is 0.667 bits per heavy atom. The summed E-state index contributed by atoms with van der Waals surface area (Å²) in [5.74, 6) is 0. The molecule has 4 nitrogen and oxygen atoms in total. The van der Waals surface area contributed by atoms with Crippen LogP contribution in [0.1, 0.15) is 58.3 Å². The SMILES string of the molecule is CCCCCCCCCC[N+]12CCN3CCN4CCN(CC1)C2C43. The number of quaternary nitrogens is 1.